The molecule has 0 aliphatic heterocycles. The lowest BCUT2D eigenvalue weighted by Crippen LogP contribution is -2.15. The Morgan fingerprint density at radius 2 is 1.95 bits per heavy atom. The lowest BCUT2D eigenvalue weighted by atomic mass is 10.2. The van der Waals surface area contributed by atoms with Crippen LogP contribution in [-0.2, 0) is 6.18 Å². The van der Waals surface area contributed by atoms with Gasteiger partial charge in [-0.2, -0.15) is 13.2 Å². The Kier molecular flexibility index (Phi) is 4.06. The van der Waals surface area contributed by atoms with Crippen molar-refractivity contribution in [1.82, 2.24) is 10.2 Å². The zero-order valence-electron chi connectivity index (χ0n) is 10.8. The Hall–Kier alpha value is -2.64. The molecule has 2 aromatic rings. The number of nitrogens with one attached hydrogen (secondary N) is 1. The molecule has 0 bridgehead atoms. The molecule has 0 fully saturated rings. The van der Waals surface area contributed by atoms with Crippen molar-refractivity contribution in [3.8, 4) is 5.88 Å². The SMILES string of the molecule is COc1ccc(C(=O)Nc2cccc(C(F)(F)F)c2)nn1. The number of halogens is 3. The molecule has 110 valence electrons. The van der Waals surface area contributed by atoms with E-state index in [4.69, 9.17) is 4.74 Å². The summed E-state index contributed by atoms with van der Waals surface area (Å²) in [6, 6.07) is 7.10. The number of methoxy groups -OCH3 is 1. The fourth-order valence-corrected chi connectivity index (χ4v) is 1.52. The van der Waals surface area contributed by atoms with Gasteiger partial charge in [-0.15, -0.1) is 10.2 Å². The minimum Gasteiger partial charge on any atom is -0.480 e. The van der Waals surface area contributed by atoms with E-state index in [1.165, 1.54) is 31.4 Å². The van der Waals surface area contributed by atoms with Crippen molar-refractivity contribution in [1.29, 1.82) is 0 Å². The number of hydrogen-bond acceptors (Lipinski definition) is 4. The van der Waals surface area contributed by atoms with Crippen LogP contribution in [0.5, 0.6) is 5.88 Å². The summed E-state index contributed by atoms with van der Waals surface area (Å²) >= 11 is 0. The van der Waals surface area contributed by atoms with Gasteiger partial charge in [-0.05, 0) is 24.3 Å². The van der Waals surface area contributed by atoms with Gasteiger partial charge in [0.25, 0.3) is 5.91 Å². The second-order valence-electron chi connectivity index (χ2n) is 3.99. The Balaban J connectivity index is 2.15. The summed E-state index contributed by atoms with van der Waals surface area (Å²) < 4.78 is 42.5. The van der Waals surface area contributed by atoms with E-state index in [-0.39, 0.29) is 17.3 Å². The van der Waals surface area contributed by atoms with Gasteiger partial charge < -0.3 is 10.1 Å². The lowest BCUT2D eigenvalue weighted by Gasteiger charge is -2.09. The quantitative estimate of drug-likeness (QED) is 0.946. The van der Waals surface area contributed by atoms with E-state index in [9.17, 15) is 18.0 Å². The van der Waals surface area contributed by atoms with Crippen LogP contribution < -0.4 is 10.1 Å². The molecular formula is C13H10F3N3O2. The Labute approximate surface area is 117 Å². The standard InChI is InChI=1S/C13H10F3N3O2/c1-21-11-6-5-10(18-19-11)12(20)17-9-4-2-3-8(7-9)13(14,15)16/h2-7H,1H3,(H,17,20). The van der Waals surface area contributed by atoms with Gasteiger partial charge in [-0.3, -0.25) is 4.79 Å². The molecule has 21 heavy (non-hydrogen) atoms. The number of benzene rings is 1. The molecule has 1 amide bonds. The molecular weight excluding hydrogens is 287 g/mol. The molecule has 1 aromatic heterocycles. The van der Waals surface area contributed by atoms with Crippen LogP contribution in [0.25, 0.3) is 0 Å². The second kappa shape index (κ2) is 5.78. The van der Waals surface area contributed by atoms with E-state index < -0.39 is 17.6 Å². The largest absolute Gasteiger partial charge is 0.480 e. The summed E-state index contributed by atoms with van der Waals surface area (Å²) in [5, 5.41) is 9.54. The maximum absolute atomic E-state index is 12.6. The highest BCUT2D eigenvalue weighted by atomic mass is 19.4. The number of rotatable bonds is 3. The third kappa shape index (κ3) is 3.68. The van der Waals surface area contributed by atoms with Crippen LogP contribution in [0.1, 0.15) is 16.1 Å². The van der Waals surface area contributed by atoms with E-state index in [2.05, 4.69) is 15.5 Å². The van der Waals surface area contributed by atoms with E-state index in [1.54, 1.807) is 0 Å². The van der Waals surface area contributed by atoms with Crippen molar-refractivity contribution in [3.05, 3.63) is 47.7 Å². The molecule has 0 aliphatic rings. The van der Waals surface area contributed by atoms with Crippen molar-refractivity contribution in [2.75, 3.05) is 12.4 Å². The molecule has 1 N–H and O–H groups in total. The van der Waals surface area contributed by atoms with Crippen molar-refractivity contribution < 1.29 is 22.7 Å². The first-order valence-electron chi connectivity index (χ1n) is 5.76. The van der Waals surface area contributed by atoms with Gasteiger partial charge >= 0.3 is 6.18 Å². The summed E-state index contributed by atoms with van der Waals surface area (Å²) in [5.41, 5.74) is -0.859. The first-order valence-corrected chi connectivity index (χ1v) is 5.76. The predicted molar refractivity (Wildman–Crippen MR) is 68.0 cm³/mol. The van der Waals surface area contributed by atoms with Crippen LogP contribution in [-0.4, -0.2) is 23.2 Å². The summed E-state index contributed by atoms with van der Waals surface area (Å²) in [7, 11) is 1.40. The molecule has 1 heterocycles. The van der Waals surface area contributed by atoms with E-state index in [0.717, 1.165) is 12.1 Å². The number of nitrogens with zero attached hydrogens (tertiary/aromatic N) is 2. The summed E-state index contributed by atoms with van der Waals surface area (Å²) in [5.74, 6) is -0.435. The lowest BCUT2D eigenvalue weighted by molar-refractivity contribution is -0.137. The van der Waals surface area contributed by atoms with Crippen LogP contribution >= 0.6 is 0 Å². The van der Waals surface area contributed by atoms with Gasteiger partial charge in [0, 0.05) is 11.8 Å². The topological polar surface area (TPSA) is 64.1 Å². The number of carbonyl (C=O) groups excluding carboxylic acids is 1. The monoisotopic (exact) mass is 297 g/mol. The van der Waals surface area contributed by atoms with Gasteiger partial charge in [0.05, 0.1) is 12.7 Å². The minimum atomic E-state index is -4.47. The number of anilines is 1. The normalized spacial score (nSPS) is 11.0. The summed E-state index contributed by atoms with van der Waals surface area (Å²) in [6.45, 7) is 0. The second-order valence-corrected chi connectivity index (χ2v) is 3.99. The Bertz CT molecular complexity index is 642. The molecule has 0 saturated heterocycles. The molecule has 8 heteroatoms. The van der Waals surface area contributed by atoms with Crippen LogP contribution in [0, 0.1) is 0 Å². The van der Waals surface area contributed by atoms with Crippen LogP contribution in [0.15, 0.2) is 36.4 Å². The van der Waals surface area contributed by atoms with E-state index >= 15 is 0 Å². The Morgan fingerprint density at radius 3 is 2.52 bits per heavy atom. The highest BCUT2D eigenvalue weighted by Gasteiger charge is 2.30. The fraction of sp³-hybridized carbons (Fsp3) is 0.154. The number of ether oxygens (including phenoxy) is 1. The number of aromatic nitrogens is 2. The highest BCUT2D eigenvalue weighted by Crippen LogP contribution is 2.30. The van der Waals surface area contributed by atoms with Gasteiger partial charge in [0.15, 0.2) is 5.69 Å². The number of alkyl halides is 3. The smallest absolute Gasteiger partial charge is 0.416 e. The third-order valence-corrected chi connectivity index (χ3v) is 2.53. The van der Waals surface area contributed by atoms with Crippen LogP contribution in [0.3, 0.4) is 0 Å². The maximum atomic E-state index is 12.6. The average Bonchev–Trinajstić information content (AvgIpc) is 2.47. The van der Waals surface area contributed by atoms with Gasteiger partial charge in [0.2, 0.25) is 5.88 Å². The average molecular weight is 297 g/mol. The molecule has 5 nitrogen and oxygen atoms in total. The van der Waals surface area contributed by atoms with Gasteiger partial charge in [0.1, 0.15) is 0 Å². The predicted octanol–water partition coefficient (Wildman–Crippen LogP) is 2.76. The highest BCUT2D eigenvalue weighted by molar-refractivity contribution is 6.02. The van der Waals surface area contributed by atoms with Crippen molar-refractivity contribution in [2.24, 2.45) is 0 Å². The van der Waals surface area contributed by atoms with Crippen molar-refractivity contribution in [2.45, 2.75) is 6.18 Å². The van der Waals surface area contributed by atoms with Crippen molar-refractivity contribution >= 4 is 11.6 Å². The van der Waals surface area contributed by atoms with Crippen LogP contribution in [0.4, 0.5) is 18.9 Å². The van der Waals surface area contributed by atoms with Crippen molar-refractivity contribution in [3.63, 3.8) is 0 Å². The summed E-state index contributed by atoms with van der Waals surface area (Å²) in [4.78, 5) is 11.8. The maximum Gasteiger partial charge on any atom is 0.416 e. The number of amides is 1. The third-order valence-electron chi connectivity index (χ3n) is 2.53. The number of carbonyl (C=O) groups is 1. The fourth-order valence-electron chi connectivity index (χ4n) is 1.52. The van der Waals surface area contributed by atoms with Gasteiger partial charge in [-0.1, -0.05) is 6.07 Å². The first-order chi connectivity index (χ1) is 9.90. The minimum absolute atomic E-state index is 0.0208. The Morgan fingerprint density at radius 1 is 1.19 bits per heavy atom. The molecule has 0 aliphatic carbocycles. The molecule has 2 rings (SSSR count). The number of hydrogen-bond donors (Lipinski definition) is 1. The zero-order chi connectivity index (χ0) is 15.5. The molecule has 0 atom stereocenters. The first kappa shape index (κ1) is 14.8. The molecule has 0 radical (unpaired) electrons. The van der Waals surface area contributed by atoms with E-state index in [0.29, 0.717) is 0 Å². The molecule has 0 saturated carbocycles. The molecule has 0 spiro atoms. The van der Waals surface area contributed by atoms with E-state index in [1.807, 2.05) is 0 Å². The zero-order valence-corrected chi connectivity index (χ0v) is 10.8. The molecule has 0 unspecified atom stereocenters. The molecule has 1 aromatic carbocycles. The van der Waals surface area contributed by atoms with Crippen LogP contribution in [0.2, 0.25) is 0 Å². The summed E-state index contributed by atoms with van der Waals surface area (Å²) in [6.07, 6.45) is -4.47. The van der Waals surface area contributed by atoms with Gasteiger partial charge in [-0.25, -0.2) is 0 Å².